The maximum atomic E-state index is 13.5. The minimum atomic E-state index is -4.71. The van der Waals surface area contributed by atoms with Crippen molar-refractivity contribution in [3.05, 3.63) is 84.8 Å². The molecule has 18 nitrogen and oxygen atoms in total. The first kappa shape index (κ1) is 36.0. The largest absolute Gasteiger partial charge is 0.505 e. The molecular weight excluding hydrogens is 731 g/mol. The number of halogens is 2. The number of nitrogens with one attached hydrogen (secondary N) is 2. The van der Waals surface area contributed by atoms with Crippen molar-refractivity contribution in [1.29, 1.82) is 0 Å². The molecule has 0 bridgehead atoms. The number of azo groups is 2. The Morgan fingerprint density at radius 2 is 1.60 bits per heavy atom. The highest BCUT2D eigenvalue weighted by Gasteiger charge is 2.21. The molecule has 6 N–H and O–H groups in total. The molecule has 50 heavy (non-hydrogen) atoms. The Balaban J connectivity index is 1.62. The van der Waals surface area contributed by atoms with E-state index in [1.54, 1.807) is 0 Å². The van der Waals surface area contributed by atoms with E-state index in [4.69, 9.17) is 5.26 Å². The van der Waals surface area contributed by atoms with Crippen LogP contribution in [0.15, 0.2) is 103 Å². The Kier molecular flexibility index (Phi) is 10.9. The average Bonchev–Trinajstić information content (AvgIpc) is 3.04. The van der Waals surface area contributed by atoms with Crippen molar-refractivity contribution in [2.24, 2.45) is 20.5 Å². The van der Waals surface area contributed by atoms with Crippen LogP contribution in [0, 0.1) is 12.0 Å². The molecule has 0 unspecified atom stereocenters. The topological polar surface area (TPSA) is 267 Å². The molecule has 0 atom stereocenters. The van der Waals surface area contributed by atoms with Gasteiger partial charge in [0, 0.05) is 22.5 Å². The van der Waals surface area contributed by atoms with Crippen molar-refractivity contribution >= 4 is 83.0 Å². The van der Waals surface area contributed by atoms with Gasteiger partial charge in [-0.15, -0.1) is 19.7 Å². The van der Waals surface area contributed by atoms with Gasteiger partial charge in [0.15, 0.2) is 5.75 Å². The second-order valence-electron chi connectivity index (χ2n) is 9.62. The van der Waals surface area contributed by atoms with Gasteiger partial charge in [-0.05, 0) is 48.5 Å². The first-order chi connectivity index (χ1) is 23.7. The Morgan fingerprint density at radius 1 is 0.840 bits per heavy atom. The van der Waals surface area contributed by atoms with E-state index in [9.17, 15) is 39.8 Å². The molecular formula is C27H20F2N8O10S3. The third kappa shape index (κ3) is 9.04. The SMILES string of the molecule is O=S(=O)(O)CNc1ccc2c(O)c(/N=N/c3ccccc3S(=O)(=O)O)c(SOOO)cc2c1/N=N/c1cccc(Nc2cc(F)nc(F)n2)c1. The molecule has 0 fully saturated rings. The van der Waals surface area contributed by atoms with Crippen molar-refractivity contribution < 1.29 is 54.5 Å². The monoisotopic (exact) mass is 750 g/mol. The number of phenolic OH excluding ortho intramolecular Hbond substituents is 1. The van der Waals surface area contributed by atoms with Crippen LogP contribution in [0.4, 0.5) is 48.7 Å². The van der Waals surface area contributed by atoms with Gasteiger partial charge in [0.2, 0.25) is 5.95 Å². The molecule has 23 heteroatoms. The van der Waals surface area contributed by atoms with Gasteiger partial charge in [0.1, 0.15) is 33.7 Å². The third-order valence-corrected chi connectivity index (χ3v) is 8.29. The Morgan fingerprint density at radius 3 is 2.32 bits per heavy atom. The summed E-state index contributed by atoms with van der Waals surface area (Å²) in [5.74, 6) is -2.85. The van der Waals surface area contributed by atoms with Crippen molar-refractivity contribution in [2.45, 2.75) is 9.79 Å². The molecule has 0 radical (unpaired) electrons. The maximum absolute atomic E-state index is 13.5. The molecule has 5 rings (SSSR count). The minimum absolute atomic E-state index is 0.00813. The van der Waals surface area contributed by atoms with Crippen LogP contribution in [-0.2, 0) is 29.6 Å². The van der Waals surface area contributed by atoms with Gasteiger partial charge in [-0.2, -0.15) is 40.7 Å². The van der Waals surface area contributed by atoms with Crippen LogP contribution in [0.1, 0.15) is 0 Å². The predicted octanol–water partition coefficient (Wildman–Crippen LogP) is 7.12. The fourth-order valence-corrected chi connectivity index (χ4v) is 5.70. The maximum Gasteiger partial charge on any atom is 0.313 e. The van der Waals surface area contributed by atoms with Crippen molar-refractivity contribution in [1.82, 2.24) is 9.97 Å². The van der Waals surface area contributed by atoms with Crippen molar-refractivity contribution in [2.75, 3.05) is 16.5 Å². The molecule has 0 aliphatic carbocycles. The van der Waals surface area contributed by atoms with Gasteiger partial charge < -0.3 is 15.7 Å². The average molecular weight is 751 g/mol. The standard InChI is InChI=1S/C27H20F2N8O10S3/c28-22-12-23(33-27(29)32-22)31-14-4-3-5-15(10-14)34-36-24-17-11-20(48-47-46-39)25(37-35-18-6-1-2-7-21(18)50(43,44)45)26(38)16(17)8-9-19(24)30-13-49(40,41)42/h1-12,30,38-39H,13H2,(H,31,32,33)(H,40,41,42)(H,43,44,45)/b36-34+,37-35+. The highest BCUT2D eigenvalue weighted by molar-refractivity contribution is 7.94. The van der Waals surface area contributed by atoms with Gasteiger partial charge in [-0.1, -0.05) is 23.2 Å². The molecule has 0 spiro atoms. The summed E-state index contributed by atoms with van der Waals surface area (Å²) in [5.41, 5.74) is -0.289. The summed E-state index contributed by atoms with van der Waals surface area (Å²) in [6.07, 6.45) is -1.30. The first-order valence-electron chi connectivity index (χ1n) is 13.4. The number of phenols is 1. The number of rotatable bonds is 13. The van der Waals surface area contributed by atoms with E-state index in [-0.39, 0.29) is 55.6 Å². The molecule has 260 valence electrons. The summed E-state index contributed by atoms with van der Waals surface area (Å²) in [7, 11) is -9.26. The van der Waals surface area contributed by atoms with E-state index in [1.807, 2.05) is 0 Å². The lowest BCUT2D eigenvalue weighted by Crippen LogP contribution is -2.13. The van der Waals surface area contributed by atoms with Crippen molar-refractivity contribution in [3.8, 4) is 5.75 Å². The fraction of sp³-hybridized carbons (Fsp3) is 0.0370. The zero-order chi connectivity index (χ0) is 36.1. The lowest BCUT2D eigenvalue weighted by Gasteiger charge is -2.14. The number of anilines is 3. The quantitative estimate of drug-likeness (QED) is 0.0133. The van der Waals surface area contributed by atoms with E-state index < -0.39 is 48.8 Å². The zero-order valence-electron chi connectivity index (χ0n) is 24.5. The first-order valence-corrected chi connectivity index (χ1v) is 17.1. The van der Waals surface area contributed by atoms with Crippen molar-refractivity contribution in [3.63, 3.8) is 0 Å². The van der Waals surface area contributed by atoms with E-state index in [1.165, 1.54) is 60.7 Å². The molecule has 0 saturated carbocycles. The Labute approximate surface area is 284 Å². The number of aromatic nitrogens is 2. The van der Waals surface area contributed by atoms with E-state index in [0.717, 1.165) is 12.1 Å². The normalized spacial score (nSPS) is 12.3. The van der Waals surface area contributed by atoms with Gasteiger partial charge in [-0.25, -0.2) is 5.26 Å². The Hall–Kier alpha value is -5.27. The van der Waals surface area contributed by atoms with E-state index >= 15 is 0 Å². The van der Waals surface area contributed by atoms with Gasteiger partial charge >= 0.3 is 6.08 Å². The van der Waals surface area contributed by atoms with Crippen LogP contribution >= 0.6 is 12.0 Å². The Bertz CT molecular complexity index is 2350. The number of aromatic hydroxyl groups is 1. The zero-order valence-corrected chi connectivity index (χ0v) is 27.0. The summed E-state index contributed by atoms with van der Waals surface area (Å²) in [4.78, 5) is 5.68. The summed E-state index contributed by atoms with van der Waals surface area (Å²) in [5, 5.41) is 45.3. The molecule has 0 saturated heterocycles. The highest BCUT2D eigenvalue weighted by Crippen LogP contribution is 2.48. The van der Waals surface area contributed by atoms with Gasteiger partial charge in [-0.3, -0.25) is 9.11 Å². The highest BCUT2D eigenvalue weighted by atomic mass is 32.2. The van der Waals surface area contributed by atoms with Crippen LogP contribution in [-0.4, -0.2) is 52.1 Å². The van der Waals surface area contributed by atoms with Crippen LogP contribution in [0.25, 0.3) is 10.8 Å². The summed E-state index contributed by atoms with van der Waals surface area (Å²) < 4.78 is 97.1. The second kappa shape index (κ2) is 15.1. The van der Waals surface area contributed by atoms with Gasteiger partial charge in [0.05, 0.1) is 28.3 Å². The second-order valence-corrected chi connectivity index (χ2v) is 13.2. The number of nitrogens with zero attached hydrogens (tertiary/aromatic N) is 6. The number of hydrogen-bond donors (Lipinski definition) is 6. The molecule has 1 heterocycles. The number of fused-ring (bicyclic) bond motifs is 1. The van der Waals surface area contributed by atoms with Crippen LogP contribution < -0.4 is 10.6 Å². The predicted molar refractivity (Wildman–Crippen MR) is 173 cm³/mol. The summed E-state index contributed by atoms with van der Waals surface area (Å²) >= 11 is 0.318. The smallest absolute Gasteiger partial charge is 0.313 e. The van der Waals surface area contributed by atoms with Crippen LogP contribution in [0.5, 0.6) is 5.75 Å². The molecule has 0 aliphatic heterocycles. The van der Waals surface area contributed by atoms with E-state index in [2.05, 4.69) is 50.4 Å². The third-order valence-electron chi connectivity index (χ3n) is 6.26. The molecule has 0 amide bonds. The lowest BCUT2D eigenvalue weighted by molar-refractivity contribution is -0.432. The van der Waals surface area contributed by atoms with Crippen LogP contribution in [0.3, 0.4) is 0 Å². The van der Waals surface area contributed by atoms with Gasteiger partial charge in [0.25, 0.3) is 20.2 Å². The van der Waals surface area contributed by atoms with E-state index in [0.29, 0.717) is 12.0 Å². The fourth-order valence-electron chi connectivity index (χ4n) is 4.25. The van der Waals surface area contributed by atoms with Crippen LogP contribution in [0.2, 0.25) is 0 Å². The molecule has 0 aliphatic rings. The minimum Gasteiger partial charge on any atom is -0.505 e. The summed E-state index contributed by atoms with van der Waals surface area (Å²) in [6.45, 7) is 0. The number of benzene rings is 4. The summed E-state index contributed by atoms with van der Waals surface area (Å²) in [6, 6.07) is 15.8. The molecule has 1 aromatic heterocycles. The lowest BCUT2D eigenvalue weighted by atomic mass is 10.1. The molecule has 4 aromatic carbocycles. The number of hydrogen-bond acceptors (Lipinski definition) is 17. The molecule has 5 aromatic rings.